The van der Waals surface area contributed by atoms with Gasteiger partial charge >= 0.3 is 0 Å². The van der Waals surface area contributed by atoms with Gasteiger partial charge in [0.2, 0.25) is 11.4 Å². The van der Waals surface area contributed by atoms with E-state index in [0.717, 1.165) is 69.3 Å². The zero-order valence-electron chi connectivity index (χ0n) is 31.9. The third kappa shape index (κ3) is 6.76. The lowest BCUT2D eigenvalue weighted by Crippen LogP contribution is -2.38. The van der Waals surface area contributed by atoms with Crippen molar-refractivity contribution < 1.29 is 17.9 Å². The van der Waals surface area contributed by atoms with E-state index in [1.807, 2.05) is 56.3 Å². The van der Waals surface area contributed by atoms with Gasteiger partial charge in [-0.2, -0.15) is 9.13 Å². The van der Waals surface area contributed by atoms with E-state index in [1.165, 1.54) is 35.2 Å². The van der Waals surface area contributed by atoms with Crippen molar-refractivity contribution in [2.45, 2.75) is 63.7 Å². The van der Waals surface area contributed by atoms with Crippen LogP contribution in [0.4, 0.5) is 25.8 Å². The molecule has 0 spiro atoms. The quantitative estimate of drug-likeness (QED) is 0.207. The number of aromatic nitrogens is 4. The van der Waals surface area contributed by atoms with Crippen LogP contribution in [0.5, 0.6) is 0 Å². The molecule has 56 heavy (non-hydrogen) atoms. The number of halogens is 2. The highest BCUT2D eigenvalue weighted by Crippen LogP contribution is 2.47. The largest absolute Gasteiger partial charge is 0.337 e. The first-order chi connectivity index (χ1) is 27.1. The number of fused-ring (bicyclic) bond motifs is 2. The van der Waals surface area contributed by atoms with Crippen molar-refractivity contribution in [2.24, 2.45) is 4.99 Å². The average Bonchev–Trinajstić information content (AvgIpc) is 3.92. The topological polar surface area (TPSA) is 53.5 Å². The van der Waals surface area contributed by atoms with Gasteiger partial charge in [0.15, 0.2) is 17.9 Å². The molecule has 0 radical (unpaired) electrons. The van der Waals surface area contributed by atoms with Crippen LogP contribution in [-0.2, 0) is 26.2 Å². The minimum atomic E-state index is -0.287. The number of aryl methyl sites for hydroxylation is 2. The molecule has 0 fully saturated rings. The number of pyridine rings is 2. The number of thioether (sulfide) groups is 2. The Hall–Kier alpha value is -4.76. The monoisotopic (exact) mass is 825 g/mol. The van der Waals surface area contributed by atoms with Crippen molar-refractivity contribution in [1.82, 2.24) is 9.13 Å². The summed E-state index contributed by atoms with van der Waals surface area (Å²) in [6.45, 7) is 11.1. The molecule has 8 rings (SSSR count). The Balaban J connectivity index is 1.29. The molecule has 0 aliphatic carbocycles. The minimum absolute atomic E-state index is 0.0835. The van der Waals surface area contributed by atoms with Crippen molar-refractivity contribution in [3.05, 3.63) is 136 Å². The molecular formula is C42H41F2N7OS4+2. The molecule has 2 aliphatic heterocycles. The first kappa shape index (κ1) is 38.1. The van der Waals surface area contributed by atoms with Crippen molar-refractivity contribution >= 4 is 85.5 Å². The second-order valence-corrected chi connectivity index (χ2v) is 17.3. The lowest BCUT2D eigenvalue weighted by Gasteiger charge is -2.12. The van der Waals surface area contributed by atoms with Crippen LogP contribution in [0, 0.1) is 11.6 Å². The zero-order chi connectivity index (χ0) is 39.2. The molecule has 8 nitrogen and oxygen atoms in total. The fraction of sp³-hybridized carbons (Fsp3) is 0.238. The highest BCUT2D eigenvalue weighted by molar-refractivity contribution is 8.09. The van der Waals surface area contributed by atoms with Gasteiger partial charge in [-0.25, -0.2) is 13.8 Å². The molecule has 2 aromatic carbocycles. The van der Waals surface area contributed by atoms with Gasteiger partial charge < -0.3 is 14.4 Å². The SMILES string of the molecule is CCn1c(=O)/c(=C2\Sc3c(F)cccc3N2C)s/c1=C\c1ccc(N=c2/c(=C3\Sc4cc(F)ccc4N3C)s/c(=C\c3cccc[n+]3CC)n2CC)c[n+]1CC. The molecule has 0 bridgehead atoms. The van der Waals surface area contributed by atoms with Gasteiger partial charge in [0.1, 0.15) is 58.9 Å². The number of rotatable bonds is 7. The number of benzene rings is 2. The fourth-order valence-corrected chi connectivity index (χ4v) is 12.0. The van der Waals surface area contributed by atoms with Crippen molar-refractivity contribution in [2.75, 3.05) is 23.9 Å². The van der Waals surface area contributed by atoms with E-state index in [9.17, 15) is 13.6 Å². The maximum absolute atomic E-state index is 14.7. The molecule has 0 saturated carbocycles. The second-order valence-electron chi connectivity index (χ2n) is 13.2. The number of hydrogen-bond donors (Lipinski definition) is 0. The molecule has 0 atom stereocenters. The molecular weight excluding hydrogens is 785 g/mol. The van der Waals surface area contributed by atoms with Gasteiger partial charge in [-0.3, -0.25) is 9.36 Å². The third-order valence-electron chi connectivity index (χ3n) is 9.95. The van der Waals surface area contributed by atoms with Crippen molar-refractivity contribution in [3.63, 3.8) is 0 Å². The van der Waals surface area contributed by atoms with Crippen LogP contribution in [-0.4, -0.2) is 23.2 Å². The fourth-order valence-electron chi connectivity index (χ4n) is 7.03. The van der Waals surface area contributed by atoms with E-state index >= 15 is 0 Å². The molecule has 0 unspecified atom stereocenters. The third-order valence-corrected chi connectivity index (χ3v) is 15.0. The van der Waals surface area contributed by atoms with Gasteiger partial charge in [-0.1, -0.05) is 29.6 Å². The van der Waals surface area contributed by atoms with E-state index in [1.54, 1.807) is 39.8 Å². The Morgan fingerprint density at radius 2 is 1.43 bits per heavy atom. The Labute approximate surface area is 339 Å². The predicted octanol–water partition coefficient (Wildman–Crippen LogP) is 5.21. The van der Waals surface area contributed by atoms with Crippen LogP contribution >= 0.6 is 46.2 Å². The highest BCUT2D eigenvalue weighted by Gasteiger charge is 2.28. The Bertz CT molecular complexity index is 2930. The summed E-state index contributed by atoms with van der Waals surface area (Å²) >= 11 is 5.99. The lowest BCUT2D eigenvalue weighted by atomic mass is 10.3. The number of nitrogens with zero attached hydrogens (tertiary/aromatic N) is 7. The molecule has 4 aromatic heterocycles. The Kier molecular flexibility index (Phi) is 10.7. The summed E-state index contributed by atoms with van der Waals surface area (Å²) in [4.78, 5) is 24.6. The molecule has 14 heteroatoms. The average molecular weight is 826 g/mol. The maximum Gasteiger partial charge on any atom is 0.271 e. The minimum Gasteiger partial charge on any atom is -0.337 e. The molecule has 0 saturated heterocycles. The molecule has 6 heterocycles. The van der Waals surface area contributed by atoms with Gasteiger partial charge in [-0.05, 0) is 70.2 Å². The molecule has 2 aliphatic rings. The van der Waals surface area contributed by atoms with Crippen LogP contribution in [0.2, 0.25) is 0 Å². The molecule has 0 amide bonds. The first-order valence-corrected chi connectivity index (χ1v) is 21.8. The van der Waals surface area contributed by atoms with Gasteiger partial charge in [0, 0.05) is 62.4 Å². The van der Waals surface area contributed by atoms with E-state index in [4.69, 9.17) is 4.99 Å². The van der Waals surface area contributed by atoms with Crippen LogP contribution in [0.15, 0.2) is 98.7 Å². The van der Waals surface area contributed by atoms with Crippen molar-refractivity contribution in [1.29, 1.82) is 0 Å². The predicted molar refractivity (Wildman–Crippen MR) is 226 cm³/mol. The molecule has 6 aromatic rings. The standard InChI is InChI=1S/C42H41F2N7OS4/c1-7-48-21-12-11-14-28(48)23-34-50(9-3)39(37(54-34)41-46(5)31-20-17-26(43)22-33(31)53-41)45-27-18-19-29(49(8-2)25-27)24-35-51(10-4)40(52)38(55-35)42-47(6)32-16-13-15-30(44)36(32)56-42/h11-25H,7-10H2,1-6H3/q+2/b41-37+,42-38+,45-39?. The summed E-state index contributed by atoms with van der Waals surface area (Å²) < 4.78 is 41.0. The summed E-state index contributed by atoms with van der Waals surface area (Å²) in [5, 5.41) is 1.74. The molecule has 286 valence electrons. The maximum atomic E-state index is 14.7. The summed E-state index contributed by atoms with van der Waals surface area (Å²) in [5.41, 5.74) is 5.29. The van der Waals surface area contributed by atoms with Gasteiger partial charge in [0.05, 0.1) is 16.3 Å². The normalized spacial score (nSPS) is 16.8. The summed E-state index contributed by atoms with van der Waals surface area (Å²) in [5.74, 6) is -0.543. The van der Waals surface area contributed by atoms with Gasteiger partial charge in [-0.15, -0.1) is 22.7 Å². The Morgan fingerprint density at radius 1 is 0.732 bits per heavy atom. The Morgan fingerprint density at radius 3 is 2.16 bits per heavy atom. The van der Waals surface area contributed by atoms with E-state index in [2.05, 4.69) is 76.1 Å². The van der Waals surface area contributed by atoms with Crippen LogP contribution in [0.1, 0.15) is 39.1 Å². The van der Waals surface area contributed by atoms with Crippen LogP contribution < -0.4 is 48.4 Å². The number of anilines is 2. The highest BCUT2D eigenvalue weighted by atomic mass is 32.2. The summed E-state index contributed by atoms with van der Waals surface area (Å²) in [7, 11) is 3.91. The summed E-state index contributed by atoms with van der Waals surface area (Å²) in [6.07, 6.45) is 8.41. The van der Waals surface area contributed by atoms with Crippen LogP contribution in [0.25, 0.3) is 22.2 Å². The first-order valence-electron chi connectivity index (χ1n) is 18.5. The smallest absolute Gasteiger partial charge is 0.271 e. The zero-order valence-corrected chi connectivity index (χ0v) is 35.2. The van der Waals surface area contributed by atoms with Crippen LogP contribution in [0.3, 0.4) is 0 Å². The number of hydrogen-bond acceptors (Lipinski definition) is 8. The number of thiazole rings is 2. The van der Waals surface area contributed by atoms with Crippen molar-refractivity contribution in [3.8, 4) is 0 Å². The van der Waals surface area contributed by atoms with Gasteiger partial charge in [0.25, 0.3) is 5.56 Å². The summed E-state index contributed by atoms with van der Waals surface area (Å²) in [6, 6.07) is 20.3. The lowest BCUT2D eigenvalue weighted by molar-refractivity contribution is -0.695. The van der Waals surface area contributed by atoms with E-state index in [-0.39, 0.29) is 17.2 Å². The molecule has 0 N–H and O–H groups in total. The van der Waals surface area contributed by atoms with E-state index < -0.39 is 0 Å². The second kappa shape index (κ2) is 15.6. The van der Waals surface area contributed by atoms with E-state index in [0.29, 0.717) is 29.1 Å².